The summed E-state index contributed by atoms with van der Waals surface area (Å²) >= 11 is 0. The van der Waals surface area contributed by atoms with Gasteiger partial charge in [-0.3, -0.25) is 10.1 Å². The van der Waals surface area contributed by atoms with Crippen molar-refractivity contribution < 1.29 is 14.6 Å². The normalized spacial score (nSPS) is 30.3. The topological polar surface area (TPSA) is 58.6 Å². The van der Waals surface area contributed by atoms with E-state index in [0.29, 0.717) is 31.9 Å². The number of nitrogens with one attached hydrogen (secondary N) is 1. The molecule has 0 radical (unpaired) electrons. The van der Waals surface area contributed by atoms with Crippen molar-refractivity contribution in [3.63, 3.8) is 0 Å². The second-order valence-electron chi connectivity index (χ2n) is 4.66. The van der Waals surface area contributed by atoms with E-state index in [9.17, 15) is 9.90 Å². The first-order chi connectivity index (χ1) is 7.52. The first-order valence-corrected chi connectivity index (χ1v) is 5.73. The second kappa shape index (κ2) is 5.46. The lowest BCUT2D eigenvalue weighted by Crippen LogP contribution is -2.58. The van der Waals surface area contributed by atoms with Crippen LogP contribution >= 0.6 is 0 Å². The minimum atomic E-state index is -0.846. The summed E-state index contributed by atoms with van der Waals surface area (Å²) in [5, 5.41) is 12.4. The van der Waals surface area contributed by atoms with Crippen LogP contribution < -0.4 is 5.32 Å². The van der Waals surface area contributed by atoms with Crippen molar-refractivity contribution in [1.82, 2.24) is 5.32 Å². The predicted octanol–water partition coefficient (Wildman–Crippen LogP) is 1.42. The molecule has 1 rings (SSSR count). The van der Waals surface area contributed by atoms with Crippen LogP contribution in [0.4, 0.5) is 0 Å². The number of hydrogen-bond acceptors (Lipinski definition) is 3. The van der Waals surface area contributed by atoms with E-state index in [1.54, 1.807) is 6.08 Å². The highest BCUT2D eigenvalue weighted by Crippen LogP contribution is 2.28. The van der Waals surface area contributed by atoms with E-state index >= 15 is 0 Å². The molecule has 0 aliphatic carbocycles. The van der Waals surface area contributed by atoms with Gasteiger partial charge >= 0.3 is 5.97 Å². The highest BCUT2D eigenvalue weighted by atomic mass is 16.5. The van der Waals surface area contributed by atoms with E-state index in [1.807, 2.05) is 0 Å². The molecule has 16 heavy (non-hydrogen) atoms. The molecule has 92 valence electrons. The van der Waals surface area contributed by atoms with Gasteiger partial charge in [0.15, 0.2) is 0 Å². The molecule has 0 amide bonds. The van der Waals surface area contributed by atoms with Crippen molar-refractivity contribution in [3.05, 3.63) is 12.7 Å². The van der Waals surface area contributed by atoms with Crippen molar-refractivity contribution in [2.45, 2.75) is 38.3 Å². The average molecular weight is 227 g/mol. The average Bonchev–Trinajstić information content (AvgIpc) is 2.26. The molecule has 4 heteroatoms. The van der Waals surface area contributed by atoms with Crippen molar-refractivity contribution in [2.24, 2.45) is 5.92 Å². The van der Waals surface area contributed by atoms with E-state index in [-0.39, 0.29) is 6.10 Å². The van der Waals surface area contributed by atoms with Crippen molar-refractivity contribution in [2.75, 3.05) is 13.2 Å². The Hall–Kier alpha value is -0.870. The highest BCUT2D eigenvalue weighted by Gasteiger charge is 2.43. The number of carboxylic acid groups (broad SMARTS) is 1. The minimum Gasteiger partial charge on any atom is -0.480 e. The molecule has 1 aliphatic rings. The number of carbonyl (C=O) groups is 1. The summed E-state index contributed by atoms with van der Waals surface area (Å²) in [5.74, 6) is -0.451. The number of ether oxygens (including phenoxy) is 1. The van der Waals surface area contributed by atoms with E-state index in [4.69, 9.17) is 4.74 Å². The lowest BCUT2D eigenvalue weighted by molar-refractivity contribution is -0.153. The lowest BCUT2D eigenvalue weighted by atomic mass is 9.83. The third-order valence-corrected chi connectivity index (χ3v) is 3.15. The molecule has 0 bridgehead atoms. The van der Waals surface area contributed by atoms with E-state index < -0.39 is 11.5 Å². The number of hydrogen-bond donors (Lipinski definition) is 2. The molecule has 0 saturated carbocycles. The molecule has 2 N–H and O–H groups in total. The van der Waals surface area contributed by atoms with Gasteiger partial charge in [-0.2, -0.15) is 0 Å². The summed E-state index contributed by atoms with van der Waals surface area (Å²) in [7, 11) is 0. The summed E-state index contributed by atoms with van der Waals surface area (Å²) in [6.07, 6.45) is 2.74. The van der Waals surface area contributed by atoms with E-state index in [2.05, 4.69) is 25.7 Å². The number of aliphatic carboxylic acids is 1. The fourth-order valence-electron chi connectivity index (χ4n) is 2.02. The maximum Gasteiger partial charge on any atom is 0.324 e. The van der Waals surface area contributed by atoms with Crippen molar-refractivity contribution in [3.8, 4) is 0 Å². The lowest BCUT2D eigenvalue weighted by Gasteiger charge is -2.39. The van der Waals surface area contributed by atoms with Gasteiger partial charge in [0.2, 0.25) is 0 Å². The molecule has 1 fully saturated rings. The first kappa shape index (κ1) is 13.2. The number of carboxylic acids is 1. The Bertz CT molecular complexity index is 265. The number of rotatable bonds is 5. The van der Waals surface area contributed by atoms with Gasteiger partial charge in [0.25, 0.3) is 0 Å². The SMILES string of the molecule is C=CCNC1(C(=O)O)CCOC(C(C)C)C1. The van der Waals surface area contributed by atoms with Crippen LogP contribution in [-0.4, -0.2) is 35.9 Å². The predicted molar refractivity (Wildman–Crippen MR) is 62.4 cm³/mol. The van der Waals surface area contributed by atoms with Crippen molar-refractivity contribution in [1.29, 1.82) is 0 Å². The van der Waals surface area contributed by atoms with Crippen LogP contribution in [0, 0.1) is 5.92 Å². The molecule has 0 spiro atoms. The smallest absolute Gasteiger partial charge is 0.324 e. The third kappa shape index (κ3) is 2.83. The molecule has 2 unspecified atom stereocenters. The summed E-state index contributed by atoms with van der Waals surface area (Å²) in [6.45, 7) is 8.72. The quantitative estimate of drug-likeness (QED) is 0.697. The van der Waals surface area contributed by atoms with Crippen LogP contribution in [-0.2, 0) is 9.53 Å². The van der Waals surface area contributed by atoms with Crippen LogP contribution in [0.5, 0.6) is 0 Å². The van der Waals surface area contributed by atoms with Gasteiger partial charge in [0.05, 0.1) is 6.10 Å². The van der Waals surface area contributed by atoms with Gasteiger partial charge in [-0.05, 0) is 12.3 Å². The molecular formula is C12H21NO3. The monoisotopic (exact) mass is 227 g/mol. The molecule has 2 atom stereocenters. The fourth-order valence-corrected chi connectivity index (χ4v) is 2.02. The van der Waals surface area contributed by atoms with E-state index in [0.717, 1.165) is 0 Å². The Morgan fingerprint density at radius 2 is 2.44 bits per heavy atom. The maximum absolute atomic E-state index is 11.4. The largest absolute Gasteiger partial charge is 0.480 e. The van der Waals surface area contributed by atoms with Gasteiger partial charge < -0.3 is 9.84 Å². The fraction of sp³-hybridized carbons (Fsp3) is 0.750. The second-order valence-corrected chi connectivity index (χ2v) is 4.66. The van der Waals surface area contributed by atoms with Crippen LogP contribution in [0.2, 0.25) is 0 Å². The van der Waals surface area contributed by atoms with Crippen LogP contribution in [0.1, 0.15) is 26.7 Å². The Morgan fingerprint density at radius 1 is 1.75 bits per heavy atom. The van der Waals surface area contributed by atoms with Crippen molar-refractivity contribution >= 4 is 5.97 Å². The molecule has 4 nitrogen and oxygen atoms in total. The van der Waals surface area contributed by atoms with Crippen LogP contribution in [0.3, 0.4) is 0 Å². The Balaban J connectivity index is 2.75. The first-order valence-electron chi connectivity index (χ1n) is 5.73. The van der Waals surface area contributed by atoms with Gasteiger partial charge in [0, 0.05) is 19.6 Å². The van der Waals surface area contributed by atoms with Crippen LogP contribution in [0.25, 0.3) is 0 Å². The molecule has 0 aromatic rings. The molecule has 0 aromatic carbocycles. The Labute approximate surface area is 96.7 Å². The van der Waals surface area contributed by atoms with Gasteiger partial charge in [-0.1, -0.05) is 19.9 Å². The van der Waals surface area contributed by atoms with Crippen LogP contribution in [0.15, 0.2) is 12.7 Å². The zero-order valence-corrected chi connectivity index (χ0v) is 10.0. The standard InChI is InChI=1S/C12H21NO3/c1-4-6-13-12(11(14)15)5-7-16-10(8-12)9(2)3/h4,9-10,13H,1,5-8H2,2-3H3,(H,14,15). The summed E-state index contributed by atoms with van der Waals surface area (Å²) in [6, 6.07) is 0. The molecule has 1 aliphatic heterocycles. The highest BCUT2D eigenvalue weighted by molar-refractivity contribution is 5.79. The Kier molecular flexibility index (Phi) is 4.50. The summed E-state index contributed by atoms with van der Waals surface area (Å²) in [4.78, 5) is 11.4. The molecular weight excluding hydrogens is 206 g/mol. The Morgan fingerprint density at radius 3 is 2.94 bits per heavy atom. The van der Waals surface area contributed by atoms with Gasteiger partial charge in [0.1, 0.15) is 5.54 Å². The van der Waals surface area contributed by atoms with Gasteiger partial charge in [-0.25, -0.2) is 0 Å². The summed E-state index contributed by atoms with van der Waals surface area (Å²) < 4.78 is 5.60. The maximum atomic E-state index is 11.4. The summed E-state index contributed by atoms with van der Waals surface area (Å²) in [5.41, 5.74) is -0.846. The zero-order chi connectivity index (χ0) is 12.2. The molecule has 1 heterocycles. The van der Waals surface area contributed by atoms with Gasteiger partial charge in [-0.15, -0.1) is 6.58 Å². The molecule has 1 saturated heterocycles. The zero-order valence-electron chi connectivity index (χ0n) is 10.0. The van der Waals surface area contributed by atoms with E-state index in [1.165, 1.54) is 0 Å². The molecule has 0 aromatic heterocycles. The minimum absolute atomic E-state index is 0.0159. The third-order valence-electron chi connectivity index (χ3n) is 3.15.